The molecule has 3 rings (SSSR count). The van der Waals surface area contributed by atoms with Gasteiger partial charge in [-0.15, -0.1) is 11.3 Å². The normalized spacial score (nSPS) is 13.8. The van der Waals surface area contributed by atoms with Crippen molar-refractivity contribution in [3.8, 4) is 11.3 Å². The van der Waals surface area contributed by atoms with Crippen molar-refractivity contribution in [2.45, 2.75) is 25.7 Å². The third-order valence-electron chi connectivity index (χ3n) is 3.69. The molecule has 0 fully saturated rings. The number of nitrogens with one attached hydrogen (secondary N) is 1. The topological polar surface area (TPSA) is 62.2 Å². The summed E-state index contributed by atoms with van der Waals surface area (Å²) >= 11 is 1.40. The van der Waals surface area contributed by atoms with Crippen molar-refractivity contribution < 1.29 is 9.90 Å². The number of carboxylic acids is 1. The zero-order valence-electron chi connectivity index (χ0n) is 11.3. The Hall–Kier alpha value is -1.88. The average Bonchev–Trinajstić information content (AvgIpc) is 2.91. The fourth-order valence-electron chi connectivity index (χ4n) is 2.67. The molecule has 2 aromatic rings. The lowest BCUT2D eigenvalue weighted by molar-refractivity contribution is 0.0699. The number of aromatic nitrogens is 1. The van der Waals surface area contributed by atoms with Crippen LogP contribution in [0.5, 0.6) is 0 Å². The summed E-state index contributed by atoms with van der Waals surface area (Å²) in [6, 6.07) is 4.04. The van der Waals surface area contributed by atoms with Crippen LogP contribution in [0.15, 0.2) is 17.5 Å². The molecule has 2 aromatic heterocycles. The van der Waals surface area contributed by atoms with Gasteiger partial charge in [0.15, 0.2) is 0 Å². The first kappa shape index (κ1) is 13.1. The van der Waals surface area contributed by atoms with Crippen LogP contribution in [0.1, 0.15) is 34.5 Å². The Morgan fingerprint density at radius 3 is 2.90 bits per heavy atom. The van der Waals surface area contributed by atoms with Gasteiger partial charge in [-0.1, -0.05) is 6.07 Å². The molecule has 1 aliphatic carbocycles. The average molecular weight is 288 g/mol. The second-order valence-corrected chi connectivity index (χ2v) is 5.80. The zero-order valence-corrected chi connectivity index (χ0v) is 12.1. The van der Waals surface area contributed by atoms with E-state index in [9.17, 15) is 9.90 Å². The van der Waals surface area contributed by atoms with Crippen molar-refractivity contribution in [1.82, 2.24) is 4.98 Å². The lowest BCUT2D eigenvalue weighted by Gasteiger charge is -2.15. The number of nitrogens with zero attached hydrogens (tertiary/aromatic N) is 1. The standard InChI is InChI=1S/C15H16N2O2S/c1-16-14-13(15(18)19)10(8-20-14)12-7-6-9-4-2-3-5-11(9)17-12/h6-8,16H,2-5H2,1H3,(H,18,19). The molecule has 2 N–H and O–H groups in total. The molecule has 0 spiro atoms. The second-order valence-electron chi connectivity index (χ2n) is 4.92. The molecule has 0 amide bonds. The minimum absolute atomic E-state index is 0.320. The molecule has 2 heterocycles. The third kappa shape index (κ3) is 2.18. The van der Waals surface area contributed by atoms with Gasteiger partial charge in [0.05, 0.1) is 5.69 Å². The summed E-state index contributed by atoms with van der Waals surface area (Å²) in [6.07, 6.45) is 4.46. The number of rotatable bonds is 3. The highest BCUT2D eigenvalue weighted by molar-refractivity contribution is 7.15. The van der Waals surface area contributed by atoms with Gasteiger partial charge < -0.3 is 10.4 Å². The van der Waals surface area contributed by atoms with Crippen LogP contribution in [0.2, 0.25) is 0 Å². The first-order chi connectivity index (χ1) is 9.70. The number of pyridine rings is 1. The second kappa shape index (κ2) is 5.25. The van der Waals surface area contributed by atoms with E-state index in [1.54, 1.807) is 7.05 Å². The molecule has 0 saturated carbocycles. The van der Waals surface area contributed by atoms with Crippen LogP contribution in [0.25, 0.3) is 11.3 Å². The molecular formula is C15H16N2O2S. The van der Waals surface area contributed by atoms with Gasteiger partial charge in [-0.25, -0.2) is 4.79 Å². The smallest absolute Gasteiger partial charge is 0.339 e. The largest absolute Gasteiger partial charge is 0.478 e. The van der Waals surface area contributed by atoms with Gasteiger partial charge >= 0.3 is 5.97 Å². The summed E-state index contributed by atoms with van der Waals surface area (Å²) in [6.45, 7) is 0. The summed E-state index contributed by atoms with van der Waals surface area (Å²) < 4.78 is 0. The SMILES string of the molecule is CNc1scc(-c2ccc3c(n2)CCCC3)c1C(=O)O. The molecule has 0 unspecified atom stereocenters. The molecule has 4 nitrogen and oxygen atoms in total. The van der Waals surface area contributed by atoms with Crippen LogP contribution in [-0.2, 0) is 12.8 Å². The Balaban J connectivity index is 2.09. The zero-order chi connectivity index (χ0) is 14.1. The van der Waals surface area contributed by atoms with E-state index in [0.29, 0.717) is 16.1 Å². The minimum Gasteiger partial charge on any atom is -0.478 e. The minimum atomic E-state index is -0.912. The molecular weight excluding hydrogens is 272 g/mol. The number of aromatic carboxylic acids is 1. The maximum atomic E-state index is 11.5. The number of anilines is 1. The fraction of sp³-hybridized carbons (Fsp3) is 0.333. The van der Waals surface area contributed by atoms with Crippen LogP contribution >= 0.6 is 11.3 Å². The maximum Gasteiger partial charge on any atom is 0.339 e. The van der Waals surface area contributed by atoms with Gasteiger partial charge in [-0.05, 0) is 37.3 Å². The summed E-state index contributed by atoms with van der Waals surface area (Å²) in [5, 5.41) is 14.9. The van der Waals surface area contributed by atoms with Crippen LogP contribution in [0.3, 0.4) is 0 Å². The van der Waals surface area contributed by atoms with Crippen molar-refractivity contribution in [1.29, 1.82) is 0 Å². The number of carbonyl (C=O) groups is 1. The molecule has 0 radical (unpaired) electrons. The van der Waals surface area contributed by atoms with Gasteiger partial charge in [-0.3, -0.25) is 4.98 Å². The maximum absolute atomic E-state index is 11.5. The highest BCUT2D eigenvalue weighted by Gasteiger charge is 2.21. The van der Waals surface area contributed by atoms with Crippen LogP contribution < -0.4 is 5.32 Å². The number of aryl methyl sites for hydroxylation is 2. The van der Waals surface area contributed by atoms with E-state index >= 15 is 0 Å². The molecule has 0 saturated heterocycles. The number of hydrogen-bond acceptors (Lipinski definition) is 4. The van der Waals surface area contributed by atoms with E-state index in [4.69, 9.17) is 0 Å². The highest BCUT2D eigenvalue weighted by atomic mass is 32.1. The molecule has 0 aliphatic heterocycles. The number of hydrogen-bond donors (Lipinski definition) is 2. The van der Waals surface area contributed by atoms with Crippen molar-refractivity contribution >= 4 is 22.3 Å². The van der Waals surface area contributed by atoms with Crippen LogP contribution in [0, 0.1) is 0 Å². The first-order valence-corrected chi connectivity index (χ1v) is 7.60. The monoisotopic (exact) mass is 288 g/mol. The van der Waals surface area contributed by atoms with Gasteiger partial charge in [0.2, 0.25) is 0 Å². The summed E-state index contributed by atoms with van der Waals surface area (Å²) in [7, 11) is 1.74. The number of thiophene rings is 1. The van der Waals surface area contributed by atoms with E-state index in [-0.39, 0.29) is 0 Å². The van der Waals surface area contributed by atoms with E-state index < -0.39 is 5.97 Å². The predicted molar refractivity (Wildman–Crippen MR) is 80.7 cm³/mol. The van der Waals surface area contributed by atoms with Crippen molar-refractivity contribution in [2.24, 2.45) is 0 Å². The Labute approximate surface area is 121 Å². The summed E-state index contributed by atoms with van der Waals surface area (Å²) in [5.41, 5.74) is 4.23. The molecule has 20 heavy (non-hydrogen) atoms. The molecule has 1 aliphatic rings. The Morgan fingerprint density at radius 1 is 1.35 bits per heavy atom. The van der Waals surface area contributed by atoms with Crippen molar-refractivity contribution in [3.05, 3.63) is 34.3 Å². The Kier molecular flexibility index (Phi) is 3.44. The fourth-order valence-corrected chi connectivity index (χ4v) is 3.58. The summed E-state index contributed by atoms with van der Waals surface area (Å²) in [4.78, 5) is 16.2. The van der Waals surface area contributed by atoms with Gasteiger partial charge in [-0.2, -0.15) is 0 Å². The summed E-state index contributed by atoms with van der Waals surface area (Å²) in [5.74, 6) is -0.912. The quantitative estimate of drug-likeness (QED) is 0.908. The number of carboxylic acid groups (broad SMARTS) is 1. The third-order valence-corrected chi connectivity index (χ3v) is 4.68. The molecule has 0 atom stereocenters. The predicted octanol–water partition coefficient (Wildman–Crippen LogP) is 3.43. The number of fused-ring (bicyclic) bond motifs is 1. The van der Waals surface area contributed by atoms with Gasteiger partial charge in [0.25, 0.3) is 0 Å². The first-order valence-electron chi connectivity index (χ1n) is 6.72. The Bertz CT molecular complexity index is 664. The van der Waals surface area contributed by atoms with E-state index in [1.807, 2.05) is 11.4 Å². The van der Waals surface area contributed by atoms with Gasteiger partial charge in [0, 0.05) is 23.7 Å². The van der Waals surface area contributed by atoms with Crippen LogP contribution in [-0.4, -0.2) is 23.1 Å². The van der Waals surface area contributed by atoms with Gasteiger partial charge in [0.1, 0.15) is 10.6 Å². The molecule has 5 heteroatoms. The van der Waals surface area contributed by atoms with E-state index in [1.165, 1.54) is 29.7 Å². The van der Waals surface area contributed by atoms with Crippen molar-refractivity contribution in [3.63, 3.8) is 0 Å². The highest BCUT2D eigenvalue weighted by Crippen LogP contribution is 2.35. The lowest BCUT2D eigenvalue weighted by Crippen LogP contribution is -2.07. The van der Waals surface area contributed by atoms with Crippen molar-refractivity contribution in [2.75, 3.05) is 12.4 Å². The van der Waals surface area contributed by atoms with E-state index in [0.717, 1.165) is 24.2 Å². The molecule has 104 valence electrons. The van der Waals surface area contributed by atoms with Crippen LogP contribution in [0.4, 0.5) is 5.00 Å². The lowest BCUT2D eigenvalue weighted by atomic mass is 9.95. The Morgan fingerprint density at radius 2 is 2.15 bits per heavy atom. The molecule has 0 aromatic carbocycles. The van der Waals surface area contributed by atoms with E-state index in [2.05, 4.69) is 16.4 Å². The molecule has 0 bridgehead atoms.